The highest BCUT2D eigenvalue weighted by Gasteiger charge is 2.12. The number of ketones is 1. The fraction of sp³-hybridized carbons (Fsp3) is 0.375. The van der Waals surface area contributed by atoms with Crippen molar-refractivity contribution in [3.05, 3.63) is 40.4 Å². The van der Waals surface area contributed by atoms with Gasteiger partial charge in [0.25, 0.3) is 0 Å². The number of Topliss-reactive ketones (excluding diaryl/α,β-unsaturated/α-hetero) is 1. The Kier molecular flexibility index (Phi) is 4.15. The minimum atomic E-state index is 0.0951. The van der Waals surface area contributed by atoms with E-state index in [9.17, 15) is 4.79 Å². The van der Waals surface area contributed by atoms with Crippen molar-refractivity contribution >= 4 is 17.1 Å². The number of hydrogen-bond donors (Lipinski definition) is 0. The van der Waals surface area contributed by atoms with E-state index >= 15 is 0 Å². The molecule has 2 aromatic rings. The van der Waals surface area contributed by atoms with E-state index in [1.807, 2.05) is 6.92 Å². The Bertz CT molecular complexity index is 581. The Morgan fingerprint density at radius 3 is 2.37 bits per heavy atom. The van der Waals surface area contributed by atoms with Gasteiger partial charge in [0.15, 0.2) is 5.78 Å². The van der Waals surface area contributed by atoms with Crippen LogP contribution in [0.1, 0.15) is 41.7 Å². The highest BCUT2D eigenvalue weighted by Crippen LogP contribution is 2.28. The fourth-order valence-corrected chi connectivity index (χ4v) is 3.07. The molecular formula is C16H19NOS. The van der Waals surface area contributed by atoms with Crippen molar-refractivity contribution in [1.82, 2.24) is 4.98 Å². The molecule has 0 fully saturated rings. The average Bonchev–Trinajstić information content (AvgIpc) is 2.71. The summed E-state index contributed by atoms with van der Waals surface area (Å²) in [6, 6.07) is 8.50. The molecule has 2 nitrogen and oxygen atoms in total. The Morgan fingerprint density at radius 1 is 1.26 bits per heavy atom. The van der Waals surface area contributed by atoms with E-state index in [0.717, 1.165) is 27.6 Å². The third kappa shape index (κ3) is 3.29. The Labute approximate surface area is 118 Å². The van der Waals surface area contributed by atoms with Gasteiger partial charge < -0.3 is 0 Å². The molecule has 0 spiro atoms. The van der Waals surface area contributed by atoms with Crippen LogP contribution in [0.15, 0.2) is 24.3 Å². The molecule has 0 unspecified atom stereocenters. The van der Waals surface area contributed by atoms with Gasteiger partial charge in [0, 0.05) is 12.5 Å². The zero-order valence-electron chi connectivity index (χ0n) is 11.9. The first kappa shape index (κ1) is 13.9. The molecule has 0 radical (unpaired) electrons. The number of carbonyl (C=O) groups is 1. The summed E-state index contributed by atoms with van der Waals surface area (Å²) in [5.74, 6) is 0.759. The van der Waals surface area contributed by atoms with Crippen molar-refractivity contribution in [2.24, 2.45) is 5.92 Å². The summed E-state index contributed by atoms with van der Waals surface area (Å²) in [5.41, 5.74) is 3.27. The van der Waals surface area contributed by atoms with Crippen LogP contribution in [0.4, 0.5) is 0 Å². The maximum absolute atomic E-state index is 11.5. The number of carbonyl (C=O) groups excluding carboxylic acids is 1. The summed E-state index contributed by atoms with van der Waals surface area (Å²) in [6.45, 7) is 7.92. The molecule has 0 aliphatic heterocycles. The minimum Gasteiger partial charge on any atom is -0.294 e. The number of thiazole rings is 1. The van der Waals surface area contributed by atoms with E-state index in [2.05, 4.69) is 43.1 Å². The number of benzene rings is 1. The SMILES string of the molecule is CC(=O)c1sc(-c2ccc(CC(C)C)cc2)nc1C. The van der Waals surface area contributed by atoms with Gasteiger partial charge in [-0.15, -0.1) is 11.3 Å². The van der Waals surface area contributed by atoms with Gasteiger partial charge in [0.2, 0.25) is 0 Å². The molecule has 2 rings (SSSR count). The summed E-state index contributed by atoms with van der Waals surface area (Å²) < 4.78 is 0. The van der Waals surface area contributed by atoms with E-state index in [1.54, 1.807) is 6.92 Å². The van der Waals surface area contributed by atoms with Gasteiger partial charge in [0.1, 0.15) is 5.01 Å². The maximum Gasteiger partial charge on any atom is 0.171 e. The van der Waals surface area contributed by atoms with Gasteiger partial charge in [-0.05, 0) is 24.8 Å². The number of aromatic nitrogens is 1. The summed E-state index contributed by atoms with van der Waals surface area (Å²) in [5, 5.41) is 0.929. The lowest BCUT2D eigenvalue weighted by Crippen LogP contribution is -1.93. The van der Waals surface area contributed by atoms with Crippen molar-refractivity contribution in [2.45, 2.75) is 34.1 Å². The molecule has 0 bridgehead atoms. The molecule has 0 saturated heterocycles. The highest BCUT2D eigenvalue weighted by molar-refractivity contribution is 7.17. The number of nitrogens with zero attached hydrogens (tertiary/aromatic N) is 1. The molecule has 3 heteroatoms. The summed E-state index contributed by atoms with van der Waals surface area (Å²) in [7, 11) is 0. The highest BCUT2D eigenvalue weighted by atomic mass is 32.1. The third-order valence-corrected chi connectivity index (χ3v) is 4.27. The number of aryl methyl sites for hydroxylation is 1. The minimum absolute atomic E-state index is 0.0951. The molecule has 0 amide bonds. The normalized spacial score (nSPS) is 11.0. The van der Waals surface area contributed by atoms with E-state index in [4.69, 9.17) is 0 Å². The molecule has 0 aliphatic rings. The standard InChI is InChI=1S/C16H19NOS/c1-10(2)9-13-5-7-14(8-6-13)16-17-11(3)15(19-16)12(4)18/h5-8,10H,9H2,1-4H3. The van der Waals surface area contributed by atoms with Crippen LogP contribution < -0.4 is 0 Å². The smallest absolute Gasteiger partial charge is 0.171 e. The zero-order valence-corrected chi connectivity index (χ0v) is 12.7. The average molecular weight is 273 g/mol. The molecule has 1 aromatic heterocycles. The second-order valence-corrected chi connectivity index (χ2v) is 6.28. The summed E-state index contributed by atoms with van der Waals surface area (Å²) in [6.07, 6.45) is 1.09. The van der Waals surface area contributed by atoms with Gasteiger partial charge in [-0.2, -0.15) is 0 Å². The maximum atomic E-state index is 11.5. The van der Waals surface area contributed by atoms with Crippen LogP contribution in [0.2, 0.25) is 0 Å². The van der Waals surface area contributed by atoms with Crippen molar-refractivity contribution in [2.75, 3.05) is 0 Å². The van der Waals surface area contributed by atoms with E-state index in [-0.39, 0.29) is 5.78 Å². The van der Waals surface area contributed by atoms with Crippen LogP contribution in [0.3, 0.4) is 0 Å². The zero-order chi connectivity index (χ0) is 14.0. The van der Waals surface area contributed by atoms with Crippen LogP contribution in [0, 0.1) is 12.8 Å². The predicted octanol–water partition coefficient (Wildman–Crippen LogP) is 4.52. The molecule has 0 aliphatic carbocycles. The lowest BCUT2D eigenvalue weighted by atomic mass is 10.0. The Morgan fingerprint density at radius 2 is 1.89 bits per heavy atom. The van der Waals surface area contributed by atoms with Crippen LogP contribution in [0.25, 0.3) is 10.6 Å². The fourth-order valence-electron chi connectivity index (χ4n) is 2.10. The van der Waals surface area contributed by atoms with Crippen molar-refractivity contribution in [3.8, 4) is 10.6 Å². The number of hydrogen-bond acceptors (Lipinski definition) is 3. The van der Waals surface area contributed by atoms with Crippen molar-refractivity contribution in [3.63, 3.8) is 0 Å². The van der Waals surface area contributed by atoms with Crippen LogP contribution in [-0.2, 0) is 6.42 Å². The van der Waals surface area contributed by atoms with Crippen LogP contribution >= 0.6 is 11.3 Å². The Hall–Kier alpha value is -1.48. The summed E-state index contributed by atoms with van der Waals surface area (Å²) in [4.78, 5) is 16.7. The van der Waals surface area contributed by atoms with Gasteiger partial charge in [-0.1, -0.05) is 38.1 Å². The van der Waals surface area contributed by atoms with Gasteiger partial charge in [0.05, 0.1) is 10.6 Å². The predicted molar refractivity (Wildman–Crippen MR) is 80.8 cm³/mol. The lowest BCUT2D eigenvalue weighted by molar-refractivity contribution is 0.102. The quantitative estimate of drug-likeness (QED) is 0.767. The lowest BCUT2D eigenvalue weighted by Gasteiger charge is -2.05. The first-order chi connectivity index (χ1) is 8.97. The van der Waals surface area contributed by atoms with E-state index in [1.165, 1.54) is 16.9 Å². The Balaban J connectivity index is 2.27. The molecule has 1 aromatic carbocycles. The monoisotopic (exact) mass is 273 g/mol. The number of rotatable bonds is 4. The second kappa shape index (κ2) is 5.66. The van der Waals surface area contributed by atoms with E-state index < -0.39 is 0 Å². The molecule has 0 atom stereocenters. The molecule has 19 heavy (non-hydrogen) atoms. The largest absolute Gasteiger partial charge is 0.294 e. The molecule has 0 saturated carbocycles. The topological polar surface area (TPSA) is 30.0 Å². The molecule has 0 N–H and O–H groups in total. The first-order valence-electron chi connectivity index (χ1n) is 6.55. The van der Waals surface area contributed by atoms with Gasteiger partial charge in [-0.3, -0.25) is 4.79 Å². The van der Waals surface area contributed by atoms with Gasteiger partial charge in [-0.25, -0.2) is 4.98 Å². The first-order valence-corrected chi connectivity index (χ1v) is 7.36. The third-order valence-electron chi connectivity index (χ3n) is 2.96. The van der Waals surface area contributed by atoms with Crippen LogP contribution in [0.5, 0.6) is 0 Å². The van der Waals surface area contributed by atoms with E-state index in [0.29, 0.717) is 5.92 Å². The molecular weight excluding hydrogens is 254 g/mol. The molecule has 1 heterocycles. The molecule has 100 valence electrons. The van der Waals surface area contributed by atoms with Crippen molar-refractivity contribution in [1.29, 1.82) is 0 Å². The van der Waals surface area contributed by atoms with Crippen LogP contribution in [-0.4, -0.2) is 10.8 Å². The van der Waals surface area contributed by atoms with Gasteiger partial charge >= 0.3 is 0 Å². The summed E-state index contributed by atoms with van der Waals surface area (Å²) >= 11 is 1.48. The van der Waals surface area contributed by atoms with Crippen molar-refractivity contribution < 1.29 is 4.79 Å². The second-order valence-electron chi connectivity index (χ2n) is 5.28.